The van der Waals surface area contributed by atoms with Gasteiger partial charge in [0.15, 0.2) is 0 Å². The maximum atomic E-state index is 12.9. The lowest BCUT2D eigenvalue weighted by Gasteiger charge is -2.17. The van der Waals surface area contributed by atoms with Gasteiger partial charge in [-0.05, 0) is 36.1 Å². The monoisotopic (exact) mass is 340 g/mol. The molecule has 0 unspecified atom stereocenters. The van der Waals surface area contributed by atoms with E-state index in [-0.39, 0.29) is 10.8 Å². The van der Waals surface area contributed by atoms with E-state index in [1.54, 1.807) is 30.5 Å². The van der Waals surface area contributed by atoms with Gasteiger partial charge < -0.3 is 0 Å². The molecule has 124 valence electrons. The SMILES string of the molecule is CC[C@@H](C)c1ccccc1NS(=O)(=O)c1cccc2cccnc12. The van der Waals surface area contributed by atoms with Crippen molar-refractivity contribution in [3.05, 3.63) is 66.4 Å². The van der Waals surface area contributed by atoms with Crippen LogP contribution in [0.1, 0.15) is 31.7 Å². The van der Waals surface area contributed by atoms with Crippen molar-refractivity contribution in [2.75, 3.05) is 4.72 Å². The highest BCUT2D eigenvalue weighted by atomic mass is 32.2. The minimum atomic E-state index is -3.72. The molecule has 4 nitrogen and oxygen atoms in total. The molecule has 0 bridgehead atoms. The summed E-state index contributed by atoms with van der Waals surface area (Å²) in [6, 6.07) is 16.4. The summed E-state index contributed by atoms with van der Waals surface area (Å²) < 4.78 is 28.6. The lowest BCUT2D eigenvalue weighted by atomic mass is 9.97. The Bertz CT molecular complexity index is 963. The number of nitrogens with one attached hydrogen (secondary N) is 1. The molecule has 0 amide bonds. The first-order valence-corrected chi connectivity index (χ1v) is 9.46. The first-order chi connectivity index (χ1) is 11.5. The molecule has 0 aliphatic heterocycles. The Balaban J connectivity index is 2.07. The van der Waals surface area contributed by atoms with Gasteiger partial charge in [-0.25, -0.2) is 8.42 Å². The normalized spacial score (nSPS) is 12.9. The summed E-state index contributed by atoms with van der Waals surface area (Å²) in [7, 11) is -3.72. The molecule has 1 aromatic heterocycles. The van der Waals surface area contributed by atoms with Crippen LogP contribution in [0.3, 0.4) is 0 Å². The molecule has 2 aromatic carbocycles. The smallest absolute Gasteiger partial charge is 0.264 e. The summed E-state index contributed by atoms with van der Waals surface area (Å²) in [4.78, 5) is 4.44. The van der Waals surface area contributed by atoms with E-state index in [4.69, 9.17) is 0 Å². The van der Waals surface area contributed by atoms with E-state index in [2.05, 4.69) is 23.6 Å². The van der Waals surface area contributed by atoms with Gasteiger partial charge >= 0.3 is 0 Å². The Morgan fingerprint density at radius 1 is 1.04 bits per heavy atom. The van der Waals surface area contributed by atoms with Crippen molar-refractivity contribution in [3.8, 4) is 0 Å². The van der Waals surface area contributed by atoms with Crippen LogP contribution in [0.15, 0.2) is 65.7 Å². The van der Waals surface area contributed by atoms with Gasteiger partial charge in [-0.15, -0.1) is 0 Å². The lowest BCUT2D eigenvalue weighted by Crippen LogP contribution is -2.15. The number of hydrogen-bond donors (Lipinski definition) is 1. The maximum absolute atomic E-state index is 12.9. The minimum Gasteiger partial charge on any atom is -0.279 e. The van der Waals surface area contributed by atoms with Gasteiger partial charge in [0.2, 0.25) is 0 Å². The highest BCUT2D eigenvalue weighted by Gasteiger charge is 2.20. The van der Waals surface area contributed by atoms with Gasteiger partial charge in [0.25, 0.3) is 10.0 Å². The van der Waals surface area contributed by atoms with Gasteiger partial charge in [0.1, 0.15) is 4.90 Å². The number of hydrogen-bond acceptors (Lipinski definition) is 3. The third-order valence-corrected chi connectivity index (χ3v) is 5.63. The van der Waals surface area contributed by atoms with Crippen LogP contribution >= 0.6 is 0 Å². The van der Waals surface area contributed by atoms with Crippen molar-refractivity contribution < 1.29 is 8.42 Å². The van der Waals surface area contributed by atoms with Crippen LogP contribution in [0, 0.1) is 0 Å². The Labute approximate surface area is 142 Å². The molecule has 1 heterocycles. The summed E-state index contributed by atoms with van der Waals surface area (Å²) in [5.74, 6) is 0.273. The number of sulfonamides is 1. The summed E-state index contributed by atoms with van der Waals surface area (Å²) >= 11 is 0. The van der Waals surface area contributed by atoms with Crippen molar-refractivity contribution in [2.24, 2.45) is 0 Å². The highest BCUT2D eigenvalue weighted by molar-refractivity contribution is 7.93. The molecule has 24 heavy (non-hydrogen) atoms. The second-order valence-corrected chi connectivity index (χ2v) is 7.48. The molecule has 0 aliphatic carbocycles. The standard InChI is InChI=1S/C19H20N2O2S/c1-3-14(2)16-10-4-5-11-17(16)21-24(22,23)18-12-6-8-15-9-7-13-20-19(15)18/h4-14,21H,3H2,1-2H3/t14-/m1/s1. The number of pyridine rings is 1. The van der Waals surface area contributed by atoms with Gasteiger partial charge in [0, 0.05) is 11.6 Å². The van der Waals surface area contributed by atoms with E-state index in [0.717, 1.165) is 17.4 Å². The second-order valence-electron chi connectivity index (χ2n) is 5.83. The summed E-state index contributed by atoms with van der Waals surface area (Å²) in [5, 5.41) is 0.801. The number of benzene rings is 2. The first-order valence-electron chi connectivity index (χ1n) is 7.98. The molecule has 0 radical (unpaired) electrons. The average Bonchev–Trinajstić information content (AvgIpc) is 2.60. The van der Waals surface area contributed by atoms with Gasteiger partial charge in [-0.3, -0.25) is 9.71 Å². The number of para-hydroxylation sites is 2. The maximum Gasteiger partial charge on any atom is 0.264 e. The van der Waals surface area contributed by atoms with Gasteiger partial charge in [0.05, 0.1) is 11.2 Å². The van der Waals surface area contributed by atoms with Crippen LogP contribution in [0.4, 0.5) is 5.69 Å². The largest absolute Gasteiger partial charge is 0.279 e. The van der Waals surface area contributed by atoms with E-state index in [1.165, 1.54) is 0 Å². The molecule has 1 N–H and O–H groups in total. The number of fused-ring (bicyclic) bond motifs is 1. The van der Waals surface area contributed by atoms with E-state index < -0.39 is 10.0 Å². The molecule has 1 atom stereocenters. The van der Waals surface area contributed by atoms with Crippen molar-refractivity contribution >= 4 is 26.6 Å². The number of nitrogens with zero attached hydrogens (tertiary/aromatic N) is 1. The van der Waals surface area contributed by atoms with Crippen LogP contribution in [0.25, 0.3) is 10.9 Å². The van der Waals surface area contributed by atoms with Crippen molar-refractivity contribution in [1.82, 2.24) is 4.98 Å². The quantitative estimate of drug-likeness (QED) is 0.741. The molecule has 5 heteroatoms. The predicted octanol–water partition coefficient (Wildman–Crippen LogP) is 4.55. The fourth-order valence-corrected chi connectivity index (χ4v) is 4.00. The fraction of sp³-hybridized carbons (Fsp3) is 0.211. The molecule has 3 aromatic rings. The summed E-state index contributed by atoms with van der Waals surface area (Å²) in [6.07, 6.45) is 2.54. The van der Waals surface area contributed by atoms with Crippen LogP contribution in [-0.4, -0.2) is 13.4 Å². The zero-order valence-electron chi connectivity index (χ0n) is 13.7. The van der Waals surface area contributed by atoms with E-state index in [0.29, 0.717) is 11.2 Å². The third kappa shape index (κ3) is 3.12. The van der Waals surface area contributed by atoms with E-state index in [9.17, 15) is 8.42 Å². The van der Waals surface area contributed by atoms with Crippen LogP contribution in [0.5, 0.6) is 0 Å². The third-order valence-electron chi connectivity index (χ3n) is 4.23. The molecule has 3 rings (SSSR count). The topological polar surface area (TPSA) is 59.1 Å². The Hall–Kier alpha value is -2.40. The average molecular weight is 340 g/mol. The van der Waals surface area contributed by atoms with Crippen LogP contribution < -0.4 is 4.72 Å². The molecular formula is C19H20N2O2S. The molecule has 0 saturated heterocycles. The molecule has 0 aliphatic rings. The lowest BCUT2D eigenvalue weighted by molar-refractivity contribution is 0.601. The number of rotatable bonds is 5. The van der Waals surface area contributed by atoms with Crippen molar-refractivity contribution in [1.29, 1.82) is 0 Å². The Morgan fingerprint density at radius 2 is 1.79 bits per heavy atom. The van der Waals surface area contributed by atoms with Crippen LogP contribution in [0.2, 0.25) is 0 Å². The van der Waals surface area contributed by atoms with E-state index in [1.807, 2.05) is 30.3 Å². The molecule has 0 spiro atoms. The van der Waals surface area contributed by atoms with Gasteiger partial charge in [-0.1, -0.05) is 50.2 Å². The van der Waals surface area contributed by atoms with Crippen molar-refractivity contribution in [3.63, 3.8) is 0 Å². The molecule has 0 fully saturated rings. The fourth-order valence-electron chi connectivity index (χ4n) is 2.73. The Morgan fingerprint density at radius 3 is 2.58 bits per heavy atom. The minimum absolute atomic E-state index is 0.194. The number of aromatic nitrogens is 1. The first kappa shape index (κ1) is 16.5. The Kier molecular flexibility index (Phi) is 4.53. The zero-order chi connectivity index (χ0) is 17.2. The molecule has 0 saturated carbocycles. The van der Waals surface area contributed by atoms with E-state index >= 15 is 0 Å². The van der Waals surface area contributed by atoms with Gasteiger partial charge in [-0.2, -0.15) is 0 Å². The highest BCUT2D eigenvalue weighted by Crippen LogP contribution is 2.29. The summed E-state index contributed by atoms with van der Waals surface area (Å²) in [5.41, 5.74) is 2.10. The van der Waals surface area contributed by atoms with Crippen LogP contribution in [-0.2, 0) is 10.0 Å². The zero-order valence-corrected chi connectivity index (χ0v) is 14.5. The number of anilines is 1. The summed E-state index contributed by atoms with van der Waals surface area (Å²) in [6.45, 7) is 4.18. The predicted molar refractivity (Wildman–Crippen MR) is 97.7 cm³/mol. The second kappa shape index (κ2) is 6.61. The molecular weight excluding hydrogens is 320 g/mol. The van der Waals surface area contributed by atoms with Crippen molar-refractivity contribution in [2.45, 2.75) is 31.1 Å².